The first-order chi connectivity index (χ1) is 11.6. The minimum atomic E-state index is -1.42. The Hall–Kier alpha value is -1.80. The summed E-state index contributed by atoms with van der Waals surface area (Å²) in [6.07, 6.45) is 3.12. The minimum Gasteiger partial charge on any atom is -0.383 e. The highest BCUT2D eigenvalue weighted by Crippen LogP contribution is 2.12. The van der Waals surface area contributed by atoms with Crippen LogP contribution in [-0.2, 0) is 19.0 Å². The van der Waals surface area contributed by atoms with Crippen molar-refractivity contribution in [3.8, 4) is 0 Å². The molecule has 0 aliphatic carbocycles. The normalized spacial score (nSPS) is 12.5. The number of hydrogen-bond acceptors (Lipinski definition) is 7. The lowest BCUT2D eigenvalue weighted by Gasteiger charge is -2.23. The van der Waals surface area contributed by atoms with Gasteiger partial charge in [-0.3, -0.25) is 4.79 Å². The Labute approximate surface area is 142 Å². The first-order valence-electron chi connectivity index (χ1n) is 7.82. The standard InChI is InChI=1S/C17H26N2O5/c1-4-24-17(21)15(20)7-5-14-6-8-16(18-13-14)19(9-11-22-2)10-12-23-3/h5-8,13,17,21H,4,9-12H2,1-3H3/b7-5+. The molecule has 7 nitrogen and oxygen atoms in total. The predicted molar refractivity (Wildman–Crippen MR) is 91.9 cm³/mol. The zero-order valence-electron chi connectivity index (χ0n) is 14.5. The van der Waals surface area contributed by atoms with E-state index in [2.05, 4.69) is 9.88 Å². The first kappa shape index (κ1) is 20.2. The quantitative estimate of drug-likeness (QED) is 0.452. The molecule has 7 heteroatoms. The SMILES string of the molecule is CCOC(O)C(=O)/C=C/c1ccc(N(CCOC)CCOC)nc1. The molecule has 0 saturated heterocycles. The van der Waals surface area contributed by atoms with Gasteiger partial charge >= 0.3 is 0 Å². The zero-order valence-corrected chi connectivity index (χ0v) is 14.5. The number of rotatable bonds is 12. The van der Waals surface area contributed by atoms with Gasteiger partial charge in [-0.1, -0.05) is 0 Å². The summed E-state index contributed by atoms with van der Waals surface area (Å²) in [4.78, 5) is 18.1. The van der Waals surface area contributed by atoms with Crippen LogP contribution in [0.4, 0.5) is 5.82 Å². The van der Waals surface area contributed by atoms with Crippen molar-refractivity contribution in [2.24, 2.45) is 0 Å². The lowest BCUT2D eigenvalue weighted by atomic mass is 10.2. The fourth-order valence-corrected chi connectivity index (χ4v) is 1.93. The summed E-state index contributed by atoms with van der Waals surface area (Å²) in [6, 6.07) is 3.72. The molecular weight excluding hydrogens is 312 g/mol. The van der Waals surface area contributed by atoms with E-state index in [9.17, 15) is 9.90 Å². The van der Waals surface area contributed by atoms with Crippen molar-refractivity contribution in [2.75, 3.05) is 52.0 Å². The van der Waals surface area contributed by atoms with Crippen LogP contribution in [0.25, 0.3) is 6.08 Å². The number of ketones is 1. The molecule has 1 heterocycles. The maximum atomic E-state index is 11.6. The fourth-order valence-electron chi connectivity index (χ4n) is 1.93. The van der Waals surface area contributed by atoms with Gasteiger partial charge in [-0.25, -0.2) is 4.98 Å². The molecule has 24 heavy (non-hydrogen) atoms. The number of aliphatic hydroxyl groups excluding tert-OH is 1. The van der Waals surface area contributed by atoms with Gasteiger partial charge in [0.05, 0.1) is 13.2 Å². The largest absolute Gasteiger partial charge is 0.383 e. The van der Waals surface area contributed by atoms with Crippen LogP contribution in [0.15, 0.2) is 24.4 Å². The Kier molecular flexibility index (Phi) is 9.86. The molecule has 1 rings (SSSR count). The van der Waals surface area contributed by atoms with Crippen molar-refractivity contribution in [1.82, 2.24) is 4.98 Å². The van der Waals surface area contributed by atoms with Gasteiger partial charge in [0.2, 0.25) is 12.1 Å². The van der Waals surface area contributed by atoms with E-state index < -0.39 is 12.1 Å². The summed E-state index contributed by atoms with van der Waals surface area (Å²) in [6.45, 7) is 4.59. The number of aliphatic hydroxyl groups is 1. The Bertz CT molecular complexity index is 496. The van der Waals surface area contributed by atoms with Gasteiger partial charge in [-0.15, -0.1) is 0 Å². The van der Waals surface area contributed by atoms with Crippen molar-refractivity contribution >= 4 is 17.7 Å². The Morgan fingerprint density at radius 1 is 1.29 bits per heavy atom. The predicted octanol–water partition coefficient (Wildman–Crippen LogP) is 1.12. The van der Waals surface area contributed by atoms with Crippen molar-refractivity contribution in [3.05, 3.63) is 30.0 Å². The third-order valence-electron chi connectivity index (χ3n) is 3.23. The van der Waals surface area contributed by atoms with Gasteiger partial charge in [0, 0.05) is 40.1 Å². The van der Waals surface area contributed by atoms with E-state index >= 15 is 0 Å². The molecule has 0 aliphatic rings. The topological polar surface area (TPSA) is 81.1 Å². The molecule has 0 bridgehead atoms. The van der Waals surface area contributed by atoms with Crippen LogP contribution in [0.5, 0.6) is 0 Å². The molecule has 1 aromatic heterocycles. The van der Waals surface area contributed by atoms with E-state index in [0.717, 1.165) is 11.4 Å². The summed E-state index contributed by atoms with van der Waals surface area (Å²) in [5.41, 5.74) is 0.759. The van der Waals surface area contributed by atoms with E-state index in [4.69, 9.17) is 14.2 Å². The van der Waals surface area contributed by atoms with Crippen LogP contribution in [0.2, 0.25) is 0 Å². The Balaban J connectivity index is 2.70. The summed E-state index contributed by atoms with van der Waals surface area (Å²) in [5.74, 6) is 0.310. The van der Waals surface area contributed by atoms with Gasteiger partial charge in [-0.05, 0) is 36.8 Å². The van der Waals surface area contributed by atoms with E-state index in [-0.39, 0.29) is 6.61 Å². The third kappa shape index (κ3) is 7.18. The number of hydrogen-bond donors (Lipinski definition) is 1. The first-order valence-corrected chi connectivity index (χ1v) is 7.82. The highest BCUT2D eigenvalue weighted by Gasteiger charge is 2.11. The van der Waals surface area contributed by atoms with E-state index in [0.29, 0.717) is 26.3 Å². The smallest absolute Gasteiger partial charge is 0.219 e. The zero-order chi connectivity index (χ0) is 17.8. The Morgan fingerprint density at radius 3 is 2.46 bits per heavy atom. The number of pyridine rings is 1. The van der Waals surface area contributed by atoms with Crippen LogP contribution in [-0.4, -0.2) is 69.3 Å². The molecule has 1 N–H and O–H groups in total. The number of ether oxygens (including phenoxy) is 3. The second kappa shape index (κ2) is 11.7. The van der Waals surface area contributed by atoms with Crippen LogP contribution < -0.4 is 4.90 Å². The number of nitrogens with zero attached hydrogens (tertiary/aromatic N) is 2. The highest BCUT2D eigenvalue weighted by atomic mass is 16.6. The molecule has 0 aromatic carbocycles. The number of anilines is 1. The maximum absolute atomic E-state index is 11.6. The van der Waals surface area contributed by atoms with Crippen molar-refractivity contribution in [2.45, 2.75) is 13.2 Å². The Morgan fingerprint density at radius 2 is 1.96 bits per heavy atom. The van der Waals surface area contributed by atoms with E-state index in [1.54, 1.807) is 33.4 Å². The molecule has 1 unspecified atom stereocenters. The third-order valence-corrected chi connectivity index (χ3v) is 3.23. The average molecular weight is 338 g/mol. The molecule has 0 radical (unpaired) electrons. The molecule has 0 amide bonds. The number of carbonyl (C=O) groups excluding carboxylic acids is 1. The van der Waals surface area contributed by atoms with Crippen molar-refractivity contribution < 1.29 is 24.1 Å². The molecule has 0 aliphatic heterocycles. The molecule has 1 atom stereocenters. The van der Waals surface area contributed by atoms with Gasteiger partial charge < -0.3 is 24.2 Å². The average Bonchev–Trinajstić information content (AvgIpc) is 2.60. The second-order valence-electron chi connectivity index (χ2n) is 4.97. The highest BCUT2D eigenvalue weighted by molar-refractivity contribution is 5.95. The van der Waals surface area contributed by atoms with Gasteiger partial charge in [0.15, 0.2) is 0 Å². The number of carbonyl (C=O) groups is 1. The molecular formula is C17H26N2O5. The molecule has 134 valence electrons. The van der Waals surface area contributed by atoms with Gasteiger partial charge in [0.25, 0.3) is 0 Å². The monoisotopic (exact) mass is 338 g/mol. The van der Waals surface area contributed by atoms with Crippen LogP contribution in [0.1, 0.15) is 12.5 Å². The molecule has 1 aromatic rings. The summed E-state index contributed by atoms with van der Waals surface area (Å²) in [5, 5.41) is 9.41. The van der Waals surface area contributed by atoms with Gasteiger partial charge in [0.1, 0.15) is 5.82 Å². The maximum Gasteiger partial charge on any atom is 0.219 e. The summed E-state index contributed by atoms with van der Waals surface area (Å²) < 4.78 is 15.0. The van der Waals surface area contributed by atoms with E-state index in [1.807, 2.05) is 12.1 Å². The van der Waals surface area contributed by atoms with Crippen molar-refractivity contribution in [3.63, 3.8) is 0 Å². The van der Waals surface area contributed by atoms with Crippen LogP contribution in [0.3, 0.4) is 0 Å². The fraction of sp³-hybridized carbons (Fsp3) is 0.529. The van der Waals surface area contributed by atoms with Crippen LogP contribution >= 0.6 is 0 Å². The number of methoxy groups -OCH3 is 2. The minimum absolute atomic E-state index is 0.274. The lowest BCUT2D eigenvalue weighted by molar-refractivity contribution is -0.149. The summed E-state index contributed by atoms with van der Waals surface area (Å²) >= 11 is 0. The van der Waals surface area contributed by atoms with Gasteiger partial charge in [-0.2, -0.15) is 0 Å². The second-order valence-corrected chi connectivity index (χ2v) is 4.97. The molecule has 0 saturated carbocycles. The number of aromatic nitrogens is 1. The summed E-state index contributed by atoms with van der Waals surface area (Å²) in [7, 11) is 3.31. The molecule has 0 fully saturated rings. The molecule has 0 spiro atoms. The lowest BCUT2D eigenvalue weighted by Crippen LogP contribution is -2.31. The van der Waals surface area contributed by atoms with Crippen LogP contribution in [0, 0.1) is 0 Å². The van der Waals surface area contributed by atoms with E-state index in [1.165, 1.54) is 6.08 Å². The van der Waals surface area contributed by atoms with Crippen molar-refractivity contribution in [1.29, 1.82) is 0 Å².